The van der Waals surface area contributed by atoms with Gasteiger partial charge in [-0.2, -0.15) is 0 Å². The molecule has 1 saturated heterocycles. The predicted molar refractivity (Wildman–Crippen MR) is 56.0 cm³/mol. The van der Waals surface area contributed by atoms with E-state index in [0.717, 1.165) is 6.61 Å². The molecule has 0 spiro atoms. The van der Waals surface area contributed by atoms with E-state index in [0.29, 0.717) is 12.1 Å². The van der Waals surface area contributed by atoms with Crippen molar-refractivity contribution in [2.45, 2.75) is 58.1 Å². The van der Waals surface area contributed by atoms with Gasteiger partial charge in [-0.05, 0) is 39.7 Å². The van der Waals surface area contributed by atoms with E-state index in [1.807, 2.05) is 0 Å². The zero-order valence-electron chi connectivity index (χ0n) is 9.01. The third-order valence-corrected chi connectivity index (χ3v) is 2.58. The molecule has 0 amide bonds. The van der Waals surface area contributed by atoms with Crippen LogP contribution in [0.5, 0.6) is 0 Å². The Bertz CT molecular complexity index is 117. The van der Waals surface area contributed by atoms with E-state index >= 15 is 0 Å². The minimum absolute atomic E-state index is 0.380. The lowest BCUT2D eigenvalue weighted by Crippen LogP contribution is -2.29. The van der Waals surface area contributed by atoms with Crippen molar-refractivity contribution in [1.29, 1.82) is 0 Å². The van der Waals surface area contributed by atoms with Gasteiger partial charge >= 0.3 is 0 Å². The van der Waals surface area contributed by atoms with Crippen LogP contribution in [0.25, 0.3) is 0 Å². The van der Waals surface area contributed by atoms with Gasteiger partial charge in [0.1, 0.15) is 0 Å². The van der Waals surface area contributed by atoms with Gasteiger partial charge in [-0.15, -0.1) is 0 Å². The topological polar surface area (TPSA) is 21.3 Å². The first kappa shape index (κ1) is 11.0. The Hall–Kier alpha value is -0.0800. The first-order chi connectivity index (χ1) is 6.29. The quantitative estimate of drug-likeness (QED) is 0.726. The maximum Gasteiger partial charge on any atom is 0.0518 e. The normalized spacial score (nSPS) is 24.7. The number of ether oxygens (including phenoxy) is 1. The van der Waals surface area contributed by atoms with Crippen molar-refractivity contribution in [2.24, 2.45) is 0 Å². The summed E-state index contributed by atoms with van der Waals surface area (Å²) >= 11 is 0. The molecule has 2 nitrogen and oxygen atoms in total. The van der Waals surface area contributed by atoms with Gasteiger partial charge in [-0.3, -0.25) is 0 Å². The Morgan fingerprint density at radius 2 is 2.15 bits per heavy atom. The molecule has 1 fully saturated rings. The molecule has 0 radical (unpaired) electrons. The molecular formula is C11H23NO. The molecule has 0 aromatic rings. The highest BCUT2D eigenvalue weighted by molar-refractivity contribution is 4.70. The fourth-order valence-corrected chi connectivity index (χ4v) is 1.79. The van der Waals surface area contributed by atoms with Crippen LogP contribution < -0.4 is 5.32 Å². The molecule has 1 aliphatic rings. The molecule has 1 rings (SSSR count). The third kappa shape index (κ3) is 5.27. The minimum atomic E-state index is 0.380. The van der Waals surface area contributed by atoms with Crippen LogP contribution in [0.4, 0.5) is 0 Å². The predicted octanol–water partition coefficient (Wildman–Crippen LogP) is 2.33. The monoisotopic (exact) mass is 185 g/mol. The van der Waals surface area contributed by atoms with Crippen molar-refractivity contribution in [1.82, 2.24) is 5.32 Å². The molecule has 1 N–H and O–H groups in total. The third-order valence-electron chi connectivity index (χ3n) is 2.58. The number of nitrogens with one attached hydrogen (secondary N) is 1. The summed E-state index contributed by atoms with van der Waals surface area (Å²) < 4.78 is 5.55. The number of hydrogen-bond donors (Lipinski definition) is 1. The van der Waals surface area contributed by atoms with Crippen molar-refractivity contribution in [2.75, 3.05) is 13.2 Å². The highest BCUT2D eigenvalue weighted by atomic mass is 16.5. The Morgan fingerprint density at radius 1 is 1.31 bits per heavy atom. The minimum Gasteiger partial charge on any atom is -0.379 e. The van der Waals surface area contributed by atoms with E-state index in [4.69, 9.17) is 4.74 Å². The summed E-state index contributed by atoms with van der Waals surface area (Å²) in [6, 6.07) is 0.709. The summed E-state index contributed by atoms with van der Waals surface area (Å²) in [6.45, 7) is 6.31. The molecule has 0 aromatic heterocycles. The molecule has 13 heavy (non-hydrogen) atoms. The summed E-state index contributed by atoms with van der Waals surface area (Å²) in [5.41, 5.74) is 0. The van der Waals surface area contributed by atoms with Crippen LogP contribution in [0.2, 0.25) is 0 Å². The summed E-state index contributed by atoms with van der Waals surface area (Å²) in [4.78, 5) is 0. The second-order valence-corrected chi connectivity index (χ2v) is 4.21. The van der Waals surface area contributed by atoms with Crippen LogP contribution >= 0.6 is 0 Å². The second-order valence-electron chi connectivity index (χ2n) is 4.21. The van der Waals surface area contributed by atoms with Crippen LogP contribution in [0, 0.1) is 0 Å². The lowest BCUT2D eigenvalue weighted by atomic mass is 10.1. The molecule has 0 aliphatic carbocycles. The largest absolute Gasteiger partial charge is 0.379 e. The van der Waals surface area contributed by atoms with Crippen molar-refractivity contribution < 1.29 is 4.74 Å². The first-order valence-electron chi connectivity index (χ1n) is 5.64. The van der Waals surface area contributed by atoms with E-state index in [1.54, 1.807) is 0 Å². The lowest BCUT2D eigenvalue weighted by Gasteiger charge is -2.16. The van der Waals surface area contributed by atoms with Gasteiger partial charge in [0, 0.05) is 12.6 Å². The van der Waals surface area contributed by atoms with Crippen LogP contribution in [0.1, 0.15) is 46.0 Å². The fraction of sp³-hybridized carbons (Fsp3) is 1.00. The molecule has 1 atom stereocenters. The van der Waals surface area contributed by atoms with Gasteiger partial charge in [0.15, 0.2) is 0 Å². The van der Waals surface area contributed by atoms with Crippen molar-refractivity contribution in [3.63, 3.8) is 0 Å². The van der Waals surface area contributed by atoms with Crippen LogP contribution in [-0.2, 0) is 4.74 Å². The summed E-state index contributed by atoms with van der Waals surface area (Å²) in [5, 5.41) is 3.58. The van der Waals surface area contributed by atoms with Gasteiger partial charge < -0.3 is 10.1 Å². The highest BCUT2D eigenvalue weighted by Gasteiger charge is 2.10. The number of hydrogen-bond acceptors (Lipinski definition) is 2. The molecule has 1 aliphatic heterocycles. The maximum absolute atomic E-state index is 5.55. The van der Waals surface area contributed by atoms with Crippen LogP contribution in [0.3, 0.4) is 0 Å². The molecule has 78 valence electrons. The molecule has 1 heterocycles. The van der Waals surface area contributed by atoms with E-state index in [-0.39, 0.29) is 0 Å². The Kier molecular flexibility index (Phi) is 5.40. The average molecular weight is 185 g/mol. The molecule has 2 heteroatoms. The summed E-state index contributed by atoms with van der Waals surface area (Å²) in [5.74, 6) is 0. The van der Waals surface area contributed by atoms with Gasteiger partial charge in [-0.25, -0.2) is 0 Å². The maximum atomic E-state index is 5.55. The molecule has 0 bridgehead atoms. The average Bonchev–Trinajstić information content (AvgIpc) is 2.32. The Morgan fingerprint density at radius 3 is 2.92 bits per heavy atom. The smallest absolute Gasteiger partial charge is 0.0518 e. The van der Waals surface area contributed by atoms with Crippen LogP contribution in [0.15, 0.2) is 0 Å². The molecule has 0 saturated carbocycles. The molecule has 1 unspecified atom stereocenters. The fourth-order valence-electron chi connectivity index (χ4n) is 1.79. The van der Waals surface area contributed by atoms with Gasteiger partial charge in [0.2, 0.25) is 0 Å². The number of rotatable bonds is 4. The zero-order valence-corrected chi connectivity index (χ0v) is 9.01. The second kappa shape index (κ2) is 6.39. The first-order valence-corrected chi connectivity index (χ1v) is 5.64. The van der Waals surface area contributed by atoms with E-state index in [2.05, 4.69) is 19.2 Å². The Balaban J connectivity index is 2.05. The van der Waals surface area contributed by atoms with E-state index in [1.165, 1.54) is 38.6 Å². The SMILES string of the molecule is CC(C)OCCC1CCCCCN1. The summed E-state index contributed by atoms with van der Waals surface area (Å²) in [7, 11) is 0. The van der Waals surface area contributed by atoms with Crippen molar-refractivity contribution in [3.05, 3.63) is 0 Å². The standard InChI is InChI=1S/C11H23NO/c1-10(2)13-9-7-11-6-4-3-5-8-12-11/h10-12H,3-9H2,1-2H3. The van der Waals surface area contributed by atoms with E-state index < -0.39 is 0 Å². The lowest BCUT2D eigenvalue weighted by molar-refractivity contribution is 0.0713. The van der Waals surface area contributed by atoms with Gasteiger partial charge in [0.05, 0.1) is 6.10 Å². The van der Waals surface area contributed by atoms with Crippen LogP contribution in [-0.4, -0.2) is 25.3 Å². The van der Waals surface area contributed by atoms with Gasteiger partial charge in [-0.1, -0.05) is 12.8 Å². The Labute approximate surface area is 82.0 Å². The summed E-state index contributed by atoms with van der Waals surface area (Å²) in [6.07, 6.45) is 7.03. The van der Waals surface area contributed by atoms with Crippen molar-refractivity contribution in [3.8, 4) is 0 Å². The highest BCUT2D eigenvalue weighted by Crippen LogP contribution is 2.11. The zero-order chi connectivity index (χ0) is 9.52. The van der Waals surface area contributed by atoms with Gasteiger partial charge in [0.25, 0.3) is 0 Å². The van der Waals surface area contributed by atoms with Crippen molar-refractivity contribution >= 4 is 0 Å². The molecular weight excluding hydrogens is 162 g/mol. The molecule has 0 aromatic carbocycles. The van der Waals surface area contributed by atoms with E-state index in [9.17, 15) is 0 Å².